The van der Waals surface area contributed by atoms with Crippen LogP contribution in [0.4, 0.5) is 0 Å². The summed E-state index contributed by atoms with van der Waals surface area (Å²) in [7, 11) is 0. The van der Waals surface area contributed by atoms with Crippen LogP contribution in [0, 0.1) is 17.3 Å². The van der Waals surface area contributed by atoms with Crippen LogP contribution >= 0.6 is 0 Å². The topological polar surface area (TPSA) is 98.0 Å². The Bertz CT molecular complexity index is 551. The average Bonchev–Trinajstić information content (AvgIpc) is 2.94. The van der Waals surface area contributed by atoms with Crippen LogP contribution in [-0.2, 0) is 4.79 Å². The zero-order chi connectivity index (χ0) is 21.3. The average molecular weight is 409 g/mol. The number of unbranched alkanes of at least 4 members (excludes halogenated alkanes) is 2. The molecule has 0 radical (unpaired) electrons. The number of aliphatic hydroxyl groups excluding tert-OH is 4. The molecule has 2 aliphatic carbocycles. The molecule has 0 saturated heterocycles. The molecule has 0 heterocycles. The lowest BCUT2D eigenvalue weighted by molar-refractivity contribution is -0.121. The number of carbonyl (C=O) groups is 1. The van der Waals surface area contributed by atoms with Gasteiger partial charge in [-0.05, 0) is 50.4 Å². The van der Waals surface area contributed by atoms with Gasteiger partial charge in [-0.3, -0.25) is 4.79 Å². The van der Waals surface area contributed by atoms with Crippen molar-refractivity contribution in [1.29, 1.82) is 0 Å². The molecule has 5 nitrogen and oxygen atoms in total. The van der Waals surface area contributed by atoms with Crippen LogP contribution in [0.2, 0.25) is 0 Å². The van der Waals surface area contributed by atoms with Crippen LogP contribution < -0.4 is 0 Å². The van der Waals surface area contributed by atoms with Gasteiger partial charge in [-0.2, -0.15) is 0 Å². The molecule has 5 atom stereocenters. The van der Waals surface area contributed by atoms with Crippen LogP contribution in [0.5, 0.6) is 0 Å². The van der Waals surface area contributed by atoms with Crippen molar-refractivity contribution in [2.24, 2.45) is 17.3 Å². The van der Waals surface area contributed by atoms with E-state index in [4.69, 9.17) is 5.11 Å². The number of hydrogen-bond donors (Lipinski definition) is 4. The largest absolute Gasteiger partial charge is 0.394 e. The van der Waals surface area contributed by atoms with Crippen molar-refractivity contribution in [3.63, 3.8) is 0 Å². The maximum atomic E-state index is 12.3. The highest BCUT2D eigenvalue weighted by Crippen LogP contribution is 2.48. The Kier molecular flexibility index (Phi) is 10.0. The second-order valence-corrected chi connectivity index (χ2v) is 9.05. The summed E-state index contributed by atoms with van der Waals surface area (Å²) in [5, 5.41) is 39.3. The Labute approximate surface area is 175 Å². The van der Waals surface area contributed by atoms with E-state index in [-0.39, 0.29) is 36.1 Å². The molecule has 0 aromatic rings. The SMILES string of the molecule is CCCCC1(C(O)C=CC2C(O)CC(=O)C2CC=CCCCC(O)CO)CCC1. The van der Waals surface area contributed by atoms with Crippen LogP contribution in [0.25, 0.3) is 0 Å². The van der Waals surface area contributed by atoms with Gasteiger partial charge in [0, 0.05) is 18.3 Å². The standard InChI is InChI=1S/C24H40O5/c1-2-3-13-24(14-8-15-24)23(29)12-11-20-19(21(27)16-22(20)28)10-7-5-4-6-9-18(26)17-25/h5,7,11-12,18-20,22-23,25-26,28-29H,2-4,6,8-10,13-17H2,1H3. The number of carbonyl (C=O) groups excluding carboxylic acids is 1. The summed E-state index contributed by atoms with van der Waals surface area (Å²) in [5.41, 5.74) is -0.00535. The fourth-order valence-corrected chi connectivity index (χ4v) is 4.74. The zero-order valence-electron chi connectivity index (χ0n) is 17.9. The smallest absolute Gasteiger partial charge is 0.139 e. The number of aliphatic hydroxyl groups is 4. The second kappa shape index (κ2) is 12.0. The van der Waals surface area contributed by atoms with Gasteiger partial charge in [0.25, 0.3) is 0 Å². The highest BCUT2D eigenvalue weighted by atomic mass is 16.3. The van der Waals surface area contributed by atoms with Crippen molar-refractivity contribution < 1.29 is 25.2 Å². The summed E-state index contributed by atoms with van der Waals surface area (Å²) in [6.07, 6.45) is 15.4. The number of Topliss-reactive ketones (excluding diaryl/α,β-unsaturated/α-hetero) is 1. The van der Waals surface area contributed by atoms with Gasteiger partial charge < -0.3 is 20.4 Å². The maximum Gasteiger partial charge on any atom is 0.139 e. The minimum atomic E-state index is -0.669. The lowest BCUT2D eigenvalue weighted by Crippen LogP contribution is -2.40. The van der Waals surface area contributed by atoms with Crippen LogP contribution in [-0.4, -0.2) is 51.1 Å². The molecule has 0 aromatic carbocycles. The number of ketones is 1. The van der Waals surface area contributed by atoms with Crippen molar-refractivity contribution in [1.82, 2.24) is 0 Å². The Hall–Kier alpha value is -1.01. The maximum absolute atomic E-state index is 12.3. The summed E-state index contributed by atoms with van der Waals surface area (Å²) in [4.78, 5) is 12.3. The third-order valence-corrected chi connectivity index (χ3v) is 6.93. The minimum absolute atomic E-state index is 0.00535. The molecule has 4 N–H and O–H groups in total. The molecule has 2 saturated carbocycles. The van der Waals surface area contributed by atoms with E-state index in [1.807, 2.05) is 24.3 Å². The van der Waals surface area contributed by atoms with Crippen molar-refractivity contribution in [2.75, 3.05) is 6.61 Å². The van der Waals surface area contributed by atoms with E-state index >= 15 is 0 Å². The van der Waals surface area contributed by atoms with E-state index in [1.54, 1.807) is 0 Å². The van der Waals surface area contributed by atoms with Crippen LogP contribution in [0.3, 0.4) is 0 Å². The third kappa shape index (κ3) is 6.74. The molecule has 29 heavy (non-hydrogen) atoms. The molecule has 2 fully saturated rings. The molecule has 166 valence electrons. The Morgan fingerprint density at radius 2 is 1.97 bits per heavy atom. The summed E-state index contributed by atoms with van der Waals surface area (Å²) < 4.78 is 0. The minimum Gasteiger partial charge on any atom is -0.394 e. The molecule has 2 aliphatic rings. The third-order valence-electron chi connectivity index (χ3n) is 6.93. The van der Waals surface area contributed by atoms with E-state index in [1.165, 1.54) is 6.42 Å². The molecule has 0 amide bonds. The van der Waals surface area contributed by atoms with Crippen LogP contribution in [0.1, 0.15) is 77.6 Å². The van der Waals surface area contributed by atoms with Gasteiger partial charge in [-0.1, -0.05) is 50.5 Å². The van der Waals surface area contributed by atoms with Crippen molar-refractivity contribution >= 4 is 5.78 Å². The van der Waals surface area contributed by atoms with E-state index in [9.17, 15) is 20.1 Å². The summed E-state index contributed by atoms with van der Waals surface area (Å²) in [5.74, 6) is -0.381. The molecule has 0 aromatic heterocycles. The van der Waals surface area contributed by atoms with Gasteiger partial charge in [0.2, 0.25) is 0 Å². The predicted octanol–water partition coefficient (Wildman–Crippen LogP) is 3.30. The number of hydrogen-bond acceptors (Lipinski definition) is 5. The normalized spacial score (nSPS) is 28.9. The number of rotatable bonds is 13. The highest BCUT2D eigenvalue weighted by Gasteiger charge is 2.43. The Morgan fingerprint density at radius 1 is 1.21 bits per heavy atom. The molecule has 5 unspecified atom stereocenters. The molecule has 0 bridgehead atoms. The predicted molar refractivity (Wildman–Crippen MR) is 114 cm³/mol. The quantitative estimate of drug-likeness (QED) is 0.277. The monoisotopic (exact) mass is 408 g/mol. The van der Waals surface area contributed by atoms with Crippen LogP contribution in [0.15, 0.2) is 24.3 Å². The lowest BCUT2D eigenvalue weighted by atomic mass is 9.62. The van der Waals surface area contributed by atoms with Gasteiger partial charge in [-0.25, -0.2) is 0 Å². The van der Waals surface area contributed by atoms with Crippen molar-refractivity contribution in [3.05, 3.63) is 24.3 Å². The molecular formula is C24H40O5. The first-order valence-electron chi connectivity index (χ1n) is 11.4. The van der Waals surface area contributed by atoms with Gasteiger partial charge in [0.1, 0.15) is 5.78 Å². The van der Waals surface area contributed by atoms with Gasteiger partial charge in [-0.15, -0.1) is 0 Å². The fourth-order valence-electron chi connectivity index (χ4n) is 4.74. The zero-order valence-corrected chi connectivity index (χ0v) is 17.9. The molecule has 2 rings (SSSR count). The second-order valence-electron chi connectivity index (χ2n) is 9.05. The first kappa shape index (κ1) is 24.3. The van der Waals surface area contributed by atoms with E-state index < -0.39 is 18.3 Å². The van der Waals surface area contributed by atoms with Crippen molar-refractivity contribution in [3.8, 4) is 0 Å². The molecule has 0 aliphatic heterocycles. The van der Waals surface area contributed by atoms with E-state index in [0.29, 0.717) is 12.8 Å². The molecule has 0 spiro atoms. The Balaban J connectivity index is 1.88. The first-order chi connectivity index (χ1) is 13.9. The van der Waals surface area contributed by atoms with Crippen molar-refractivity contribution in [2.45, 2.75) is 95.9 Å². The highest BCUT2D eigenvalue weighted by molar-refractivity contribution is 5.84. The summed E-state index contributed by atoms with van der Waals surface area (Å²) in [6.45, 7) is 1.96. The Morgan fingerprint density at radius 3 is 2.59 bits per heavy atom. The van der Waals surface area contributed by atoms with Gasteiger partial charge in [0.05, 0.1) is 24.9 Å². The van der Waals surface area contributed by atoms with Gasteiger partial charge in [0.15, 0.2) is 0 Å². The number of allylic oxidation sites excluding steroid dienone is 2. The summed E-state index contributed by atoms with van der Waals surface area (Å²) >= 11 is 0. The first-order valence-corrected chi connectivity index (χ1v) is 11.4. The lowest BCUT2D eigenvalue weighted by Gasteiger charge is -2.45. The molecule has 5 heteroatoms. The van der Waals surface area contributed by atoms with E-state index in [2.05, 4.69) is 6.92 Å². The molecular weight excluding hydrogens is 368 g/mol. The van der Waals surface area contributed by atoms with E-state index in [0.717, 1.165) is 44.9 Å². The fraction of sp³-hybridized carbons (Fsp3) is 0.792. The summed E-state index contributed by atoms with van der Waals surface area (Å²) in [6, 6.07) is 0. The van der Waals surface area contributed by atoms with Gasteiger partial charge >= 0.3 is 0 Å².